The summed E-state index contributed by atoms with van der Waals surface area (Å²) in [7, 11) is 0. The number of carbonyl (C=O) groups is 1. The van der Waals surface area contributed by atoms with Crippen molar-refractivity contribution in [2.45, 2.75) is 58.3 Å². The van der Waals surface area contributed by atoms with Crippen LogP contribution in [0.15, 0.2) is 0 Å². The molecule has 0 aromatic carbocycles. The second-order valence-corrected chi connectivity index (χ2v) is 6.17. The van der Waals surface area contributed by atoms with E-state index >= 15 is 0 Å². The van der Waals surface area contributed by atoms with Crippen molar-refractivity contribution in [3.8, 4) is 0 Å². The zero-order valence-electron chi connectivity index (χ0n) is 10.9. The van der Waals surface area contributed by atoms with Gasteiger partial charge in [0.2, 0.25) is 0 Å². The van der Waals surface area contributed by atoms with Crippen LogP contribution in [0.4, 0.5) is 0 Å². The fourth-order valence-corrected chi connectivity index (χ4v) is 3.59. The van der Waals surface area contributed by atoms with Crippen molar-refractivity contribution in [1.82, 2.24) is 4.98 Å². The monoisotopic (exact) mass is 267 g/mol. The zero-order chi connectivity index (χ0) is 13.0. The molecule has 0 radical (unpaired) electrons. The molecular formula is C14H21NO2S. The van der Waals surface area contributed by atoms with Crippen molar-refractivity contribution in [1.29, 1.82) is 0 Å². The van der Waals surface area contributed by atoms with Gasteiger partial charge in [-0.15, -0.1) is 11.3 Å². The average molecular weight is 267 g/mol. The van der Waals surface area contributed by atoms with Gasteiger partial charge in [0.15, 0.2) is 0 Å². The van der Waals surface area contributed by atoms with Gasteiger partial charge >= 0.3 is 5.97 Å². The molecule has 1 aliphatic rings. The number of carboxylic acids is 1. The summed E-state index contributed by atoms with van der Waals surface area (Å²) in [4.78, 5) is 16.1. The third-order valence-corrected chi connectivity index (χ3v) is 4.98. The van der Waals surface area contributed by atoms with Crippen LogP contribution in [0.3, 0.4) is 0 Å². The van der Waals surface area contributed by atoms with E-state index in [1.807, 2.05) is 6.92 Å². The predicted molar refractivity (Wildman–Crippen MR) is 73.3 cm³/mol. The lowest BCUT2D eigenvalue weighted by molar-refractivity contribution is 0.0700. The minimum Gasteiger partial charge on any atom is -0.477 e. The molecule has 1 aromatic rings. The lowest BCUT2D eigenvalue weighted by atomic mass is 9.86. The third kappa shape index (κ3) is 3.31. The fourth-order valence-electron chi connectivity index (χ4n) is 2.71. The Hall–Kier alpha value is -0.900. The van der Waals surface area contributed by atoms with Gasteiger partial charge in [0, 0.05) is 0 Å². The normalized spacial score (nSPS) is 16.9. The van der Waals surface area contributed by atoms with Crippen LogP contribution in [0.2, 0.25) is 0 Å². The van der Waals surface area contributed by atoms with Gasteiger partial charge in [-0.3, -0.25) is 0 Å². The smallest absolute Gasteiger partial charge is 0.347 e. The highest BCUT2D eigenvalue weighted by atomic mass is 32.1. The van der Waals surface area contributed by atoms with Crippen molar-refractivity contribution >= 4 is 17.3 Å². The highest BCUT2D eigenvalue weighted by Gasteiger charge is 2.19. The maximum atomic E-state index is 11.2. The SMILES string of the molecule is CCc1nc(CCC2CCCCC2)c(C(=O)O)s1. The van der Waals surface area contributed by atoms with Crippen LogP contribution in [0.1, 0.15) is 65.8 Å². The molecule has 1 saturated carbocycles. The van der Waals surface area contributed by atoms with Gasteiger partial charge in [0.05, 0.1) is 10.7 Å². The number of aromatic nitrogens is 1. The topological polar surface area (TPSA) is 50.2 Å². The van der Waals surface area contributed by atoms with E-state index in [1.54, 1.807) is 0 Å². The van der Waals surface area contributed by atoms with Crippen molar-refractivity contribution in [3.63, 3.8) is 0 Å². The third-order valence-electron chi connectivity index (χ3n) is 3.75. The molecule has 0 saturated heterocycles. The number of aromatic carboxylic acids is 1. The zero-order valence-corrected chi connectivity index (χ0v) is 11.8. The number of nitrogens with zero attached hydrogens (tertiary/aromatic N) is 1. The Bertz CT molecular complexity index is 408. The van der Waals surface area contributed by atoms with Crippen LogP contribution in [-0.4, -0.2) is 16.1 Å². The summed E-state index contributed by atoms with van der Waals surface area (Å²) in [5, 5.41) is 10.1. The van der Waals surface area contributed by atoms with E-state index in [9.17, 15) is 9.90 Å². The van der Waals surface area contributed by atoms with Crippen molar-refractivity contribution < 1.29 is 9.90 Å². The molecular weight excluding hydrogens is 246 g/mol. The van der Waals surface area contributed by atoms with Gasteiger partial charge < -0.3 is 5.11 Å². The van der Waals surface area contributed by atoms with Crippen LogP contribution >= 0.6 is 11.3 Å². The Kier molecular flexibility index (Phi) is 4.75. The van der Waals surface area contributed by atoms with Crippen LogP contribution in [0, 0.1) is 5.92 Å². The molecule has 4 heteroatoms. The molecule has 1 aromatic heterocycles. The minimum atomic E-state index is -0.814. The van der Waals surface area contributed by atoms with E-state index in [0.29, 0.717) is 4.88 Å². The molecule has 3 nitrogen and oxygen atoms in total. The molecule has 18 heavy (non-hydrogen) atoms. The Labute approximate surface area is 112 Å². The second-order valence-electron chi connectivity index (χ2n) is 5.08. The summed E-state index contributed by atoms with van der Waals surface area (Å²) in [6.07, 6.45) is 9.44. The first-order chi connectivity index (χ1) is 8.70. The molecule has 1 N–H and O–H groups in total. The van der Waals surface area contributed by atoms with E-state index < -0.39 is 5.97 Å². The highest BCUT2D eigenvalue weighted by molar-refractivity contribution is 7.13. The van der Waals surface area contributed by atoms with Gasteiger partial charge in [-0.2, -0.15) is 0 Å². The number of hydrogen-bond acceptors (Lipinski definition) is 3. The maximum Gasteiger partial charge on any atom is 0.347 e. The number of thiazole rings is 1. The van der Waals surface area contributed by atoms with Crippen molar-refractivity contribution in [2.24, 2.45) is 5.92 Å². The van der Waals surface area contributed by atoms with Gasteiger partial charge in [0.1, 0.15) is 4.88 Å². The number of rotatable bonds is 5. The summed E-state index contributed by atoms with van der Waals surface area (Å²) >= 11 is 1.34. The summed E-state index contributed by atoms with van der Waals surface area (Å²) in [5.74, 6) is -0.0296. The van der Waals surface area contributed by atoms with E-state index in [1.165, 1.54) is 43.4 Å². The van der Waals surface area contributed by atoms with E-state index in [4.69, 9.17) is 0 Å². The first-order valence-corrected chi connectivity index (χ1v) is 7.74. The average Bonchev–Trinajstić information content (AvgIpc) is 2.81. The highest BCUT2D eigenvalue weighted by Crippen LogP contribution is 2.29. The molecule has 100 valence electrons. The fraction of sp³-hybridized carbons (Fsp3) is 0.714. The largest absolute Gasteiger partial charge is 0.477 e. The first kappa shape index (κ1) is 13.5. The van der Waals surface area contributed by atoms with E-state index in [-0.39, 0.29) is 0 Å². The first-order valence-electron chi connectivity index (χ1n) is 6.92. The van der Waals surface area contributed by atoms with Gasteiger partial charge in [-0.25, -0.2) is 9.78 Å². The molecule has 0 unspecified atom stereocenters. The molecule has 2 rings (SSSR count). The molecule has 1 heterocycles. The molecule has 0 amide bonds. The van der Waals surface area contributed by atoms with Gasteiger partial charge in [-0.1, -0.05) is 39.0 Å². The number of aryl methyl sites for hydroxylation is 2. The molecule has 0 spiro atoms. The van der Waals surface area contributed by atoms with Crippen LogP contribution in [0.25, 0.3) is 0 Å². The standard InChI is InChI=1S/C14H21NO2S/c1-2-12-15-11(13(18-12)14(16)17)9-8-10-6-4-3-5-7-10/h10H,2-9H2,1H3,(H,16,17). The Morgan fingerprint density at radius 2 is 2.11 bits per heavy atom. The Balaban J connectivity index is 1.98. The number of carboxylic acid groups (broad SMARTS) is 1. The van der Waals surface area contributed by atoms with Gasteiger partial charge in [0.25, 0.3) is 0 Å². The summed E-state index contributed by atoms with van der Waals surface area (Å²) in [6.45, 7) is 2.02. The molecule has 1 aliphatic carbocycles. The predicted octanol–water partition coefficient (Wildman–Crippen LogP) is 3.92. The Morgan fingerprint density at radius 3 is 2.72 bits per heavy atom. The molecule has 0 aliphatic heterocycles. The minimum absolute atomic E-state index is 0.461. The van der Waals surface area contributed by atoms with Crippen LogP contribution in [0.5, 0.6) is 0 Å². The quantitative estimate of drug-likeness (QED) is 0.879. The van der Waals surface area contributed by atoms with Gasteiger partial charge in [-0.05, 0) is 25.2 Å². The molecule has 0 bridgehead atoms. The number of hydrogen-bond donors (Lipinski definition) is 1. The Morgan fingerprint density at radius 1 is 1.39 bits per heavy atom. The van der Waals surface area contributed by atoms with Crippen LogP contribution < -0.4 is 0 Å². The molecule has 0 atom stereocenters. The second kappa shape index (κ2) is 6.32. The summed E-state index contributed by atoms with van der Waals surface area (Å²) in [5.41, 5.74) is 0.815. The van der Waals surface area contributed by atoms with Crippen molar-refractivity contribution in [3.05, 3.63) is 15.6 Å². The lowest BCUT2D eigenvalue weighted by Crippen LogP contribution is -2.08. The maximum absolute atomic E-state index is 11.2. The van der Waals surface area contributed by atoms with E-state index in [2.05, 4.69) is 4.98 Å². The molecule has 1 fully saturated rings. The summed E-state index contributed by atoms with van der Waals surface area (Å²) in [6, 6.07) is 0. The van der Waals surface area contributed by atoms with Crippen molar-refractivity contribution in [2.75, 3.05) is 0 Å². The van der Waals surface area contributed by atoms with Crippen LogP contribution in [-0.2, 0) is 12.8 Å². The van der Waals surface area contributed by atoms with E-state index in [0.717, 1.165) is 35.9 Å². The summed E-state index contributed by atoms with van der Waals surface area (Å²) < 4.78 is 0. The lowest BCUT2D eigenvalue weighted by Gasteiger charge is -2.20.